The number of amides is 2. The van der Waals surface area contributed by atoms with E-state index >= 15 is 0 Å². The van der Waals surface area contributed by atoms with Gasteiger partial charge in [-0.15, -0.1) is 0 Å². The minimum absolute atomic E-state index is 0.0143. The lowest BCUT2D eigenvalue weighted by Gasteiger charge is -2.40. The summed E-state index contributed by atoms with van der Waals surface area (Å²) in [6.07, 6.45) is 7.48. The highest BCUT2D eigenvalue weighted by Gasteiger charge is 2.42. The van der Waals surface area contributed by atoms with Crippen LogP contribution in [-0.2, 0) is 0 Å². The second kappa shape index (κ2) is 10.3. The lowest BCUT2D eigenvalue weighted by Crippen LogP contribution is -2.50. The van der Waals surface area contributed by atoms with Crippen LogP contribution in [0, 0.1) is 11.3 Å². The number of hydrogen-bond donors (Lipinski definition) is 3. The number of fused-ring (bicyclic) bond motifs is 2. The van der Waals surface area contributed by atoms with Crippen LogP contribution in [0.5, 0.6) is 0 Å². The molecule has 1 saturated carbocycles. The number of ketones is 1. The first-order chi connectivity index (χ1) is 18.0. The number of pyridine rings is 1. The van der Waals surface area contributed by atoms with Crippen molar-refractivity contribution < 1.29 is 14.4 Å². The second-order valence-corrected chi connectivity index (χ2v) is 13.0. The van der Waals surface area contributed by atoms with Crippen LogP contribution in [-0.4, -0.2) is 47.3 Å². The fraction of sp³-hybridized carbons (Fsp3) is 0.517. The van der Waals surface area contributed by atoms with Crippen LogP contribution in [0.4, 0.5) is 11.5 Å². The number of primary amides is 1. The number of piperidine rings is 1. The number of halogens is 1. The van der Waals surface area contributed by atoms with Crippen molar-refractivity contribution in [2.45, 2.75) is 77.4 Å². The first kappa shape index (κ1) is 26.7. The lowest BCUT2D eigenvalue weighted by molar-refractivity contribution is 0.0923. The first-order valence-electron chi connectivity index (χ1n) is 13.5. The third-order valence-corrected chi connectivity index (χ3v) is 8.40. The number of carbonyl (C=O) groups is 3. The molecule has 3 heterocycles. The summed E-state index contributed by atoms with van der Waals surface area (Å²) in [5.74, 6) is 0.590. The van der Waals surface area contributed by atoms with Crippen molar-refractivity contribution in [1.29, 1.82) is 0 Å². The molecule has 38 heavy (non-hydrogen) atoms. The van der Waals surface area contributed by atoms with Gasteiger partial charge in [0, 0.05) is 52.5 Å². The Morgan fingerprint density at radius 2 is 1.74 bits per heavy atom. The molecule has 1 aromatic heterocycles. The van der Waals surface area contributed by atoms with Crippen LogP contribution < -0.4 is 21.3 Å². The molecule has 3 atom stereocenters. The molecular weight excluding hydrogens is 546 g/mol. The molecule has 1 unspecified atom stereocenters. The van der Waals surface area contributed by atoms with E-state index in [2.05, 4.69) is 57.2 Å². The zero-order valence-electron chi connectivity index (χ0n) is 22.2. The Balaban J connectivity index is 1.27. The Morgan fingerprint density at radius 1 is 1.05 bits per heavy atom. The van der Waals surface area contributed by atoms with Gasteiger partial charge in [0.25, 0.3) is 11.8 Å². The van der Waals surface area contributed by atoms with E-state index in [9.17, 15) is 14.4 Å². The minimum atomic E-state index is -0.545. The van der Waals surface area contributed by atoms with Gasteiger partial charge in [-0.3, -0.25) is 14.4 Å². The Morgan fingerprint density at radius 3 is 2.29 bits per heavy atom. The number of anilines is 2. The van der Waals surface area contributed by atoms with Crippen LogP contribution in [0.25, 0.3) is 0 Å². The molecule has 1 aliphatic carbocycles. The van der Waals surface area contributed by atoms with Crippen LogP contribution in [0.2, 0.25) is 0 Å². The maximum Gasteiger partial charge on any atom is 0.252 e. The average molecular weight is 583 g/mol. The van der Waals surface area contributed by atoms with Crippen LogP contribution in [0.3, 0.4) is 0 Å². The van der Waals surface area contributed by atoms with Gasteiger partial charge in [-0.25, -0.2) is 4.98 Å². The topological polar surface area (TPSA) is 117 Å². The molecule has 1 aromatic carbocycles. The summed E-state index contributed by atoms with van der Waals surface area (Å²) in [6, 6.07) is 7.85. The Hall–Kier alpha value is -2.94. The molecule has 3 aliphatic rings. The molecule has 2 aliphatic heterocycles. The molecule has 9 heteroatoms. The van der Waals surface area contributed by atoms with E-state index in [-0.39, 0.29) is 29.1 Å². The number of nitrogens with two attached hydrogens (primary N) is 1. The van der Waals surface area contributed by atoms with E-state index in [4.69, 9.17) is 5.73 Å². The van der Waals surface area contributed by atoms with Gasteiger partial charge in [0.1, 0.15) is 5.82 Å². The molecule has 8 nitrogen and oxygen atoms in total. The summed E-state index contributed by atoms with van der Waals surface area (Å²) in [7, 11) is 0. The molecule has 3 fully saturated rings. The van der Waals surface area contributed by atoms with Gasteiger partial charge in [-0.05, 0) is 84.1 Å². The predicted octanol–water partition coefficient (Wildman–Crippen LogP) is 4.92. The van der Waals surface area contributed by atoms with Crippen LogP contribution in [0.15, 0.2) is 34.9 Å². The first-order valence-corrected chi connectivity index (χ1v) is 14.3. The number of nitrogens with zero attached hydrogens (tertiary/aromatic N) is 2. The number of rotatable bonds is 8. The Kier molecular flexibility index (Phi) is 7.24. The fourth-order valence-electron chi connectivity index (χ4n) is 5.66. The number of carbonyl (C=O) groups excluding carboxylic acids is 3. The highest BCUT2D eigenvalue weighted by Crippen LogP contribution is 2.39. The quantitative estimate of drug-likeness (QED) is 0.381. The van der Waals surface area contributed by atoms with E-state index < -0.39 is 5.91 Å². The highest BCUT2D eigenvalue weighted by atomic mass is 79.9. The number of Topliss-reactive ketones (excluding diaryl/α,β-unsaturated/α-hetero) is 1. The molecule has 2 bridgehead atoms. The number of benzene rings is 1. The molecule has 0 spiro atoms. The molecule has 5 rings (SSSR count). The van der Waals surface area contributed by atoms with Crippen LogP contribution in [0.1, 0.15) is 90.4 Å². The SMILES string of the molecule is CC(C)(C)CNc1cc(C(=O)NC2C[C@H]3CC[C@@H](C2)N3c2ccc(C(=O)C3CC3)cn2)c(Br)cc1C(N)=O. The highest BCUT2D eigenvalue weighted by molar-refractivity contribution is 9.10. The number of nitrogens with one attached hydrogen (secondary N) is 2. The Labute approximate surface area is 232 Å². The standard InChI is InChI=1S/C29H36BrN5O3/c1-29(2,3)15-33-24-13-21(23(30)12-22(24)27(31)37)28(38)34-18-10-19-7-8-20(11-18)35(19)25-9-6-17(14-32-25)26(36)16-4-5-16/h6,9,12-14,16,18-20,33H,4-5,7-8,10-11,15H2,1-3H3,(H2,31,37)(H,34,38)/t18?,19-,20+. The van der Waals surface area contributed by atoms with Gasteiger partial charge in [0.15, 0.2) is 5.78 Å². The summed E-state index contributed by atoms with van der Waals surface area (Å²) in [4.78, 5) is 44.8. The van der Waals surface area contributed by atoms with Crippen molar-refractivity contribution in [2.24, 2.45) is 17.1 Å². The average Bonchev–Trinajstić information content (AvgIpc) is 3.67. The van der Waals surface area contributed by atoms with Crippen molar-refractivity contribution in [3.63, 3.8) is 0 Å². The third-order valence-electron chi connectivity index (χ3n) is 7.74. The number of aromatic nitrogens is 1. The van der Waals surface area contributed by atoms with E-state index in [1.54, 1.807) is 18.3 Å². The van der Waals surface area contributed by atoms with Gasteiger partial charge < -0.3 is 21.3 Å². The molecule has 0 radical (unpaired) electrons. The van der Waals surface area contributed by atoms with E-state index in [0.717, 1.165) is 44.3 Å². The maximum absolute atomic E-state index is 13.4. The zero-order valence-corrected chi connectivity index (χ0v) is 23.8. The van der Waals surface area contributed by atoms with Crippen molar-refractivity contribution in [3.05, 3.63) is 51.6 Å². The number of hydrogen-bond acceptors (Lipinski definition) is 6. The van der Waals surface area contributed by atoms with Crippen molar-refractivity contribution in [3.8, 4) is 0 Å². The summed E-state index contributed by atoms with van der Waals surface area (Å²) in [5.41, 5.74) is 7.68. The van der Waals surface area contributed by atoms with Crippen molar-refractivity contribution in [2.75, 3.05) is 16.8 Å². The summed E-state index contributed by atoms with van der Waals surface area (Å²) < 4.78 is 0.538. The van der Waals surface area contributed by atoms with Gasteiger partial charge >= 0.3 is 0 Å². The lowest BCUT2D eigenvalue weighted by atomic mass is 9.96. The fourth-order valence-corrected chi connectivity index (χ4v) is 6.18. The summed E-state index contributed by atoms with van der Waals surface area (Å²) in [5, 5.41) is 6.53. The van der Waals surface area contributed by atoms with Crippen LogP contribution >= 0.6 is 15.9 Å². The largest absolute Gasteiger partial charge is 0.384 e. The van der Waals surface area contributed by atoms with Gasteiger partial charge in [-0.1, -0.05) is 20.8 Å². The molecule has 2 saturated heterocycles. The smallest absolute Gasteiger partial charge is 0.252 e. The maximum atomic E-state index is 13.4. The van der Waals surface area contributed by atoms with Gasteiger partial charge in [-0.2, -0.15) is 0 Å². The summed E-state index contributed by atoms with van der Waals surface area (Å²) in [6.45, 7) is 6.90. The normalized spacial score (nSPS) is 22.7. The van der Waals surface area contributed by atoms with E-state index in [1.807, 2.05) is 12.1 Å². The van der Waals surface area contributed by atoms with Gasteiger partial charge in [0.05, 0.1) is 11.1 Å². The van der Waals surface area contributed by atoms with E-state index in [1.165, 1.54) is 0 Å². The molecule has 2 aromatic rings. The van der Waals surface area contributed by atoms with Crippen molar-refractivity contribution in [1.82, 2.24) is 10.3 Å². The Bertz CT molecular complexity index is 1240. The molecule has 4 N–H and O–H groups in total. The summed E-state index contributed by atoms with van der Waals surface area (Å²) >= 11 is 3.47. The predicted molar refractivity (Wildman–Crippen MR) is 152 cm³/mol. The van der Waals surface area contributed by atoms with E-state index in [0.29, 0.717) is 45.5 Å². The van der Waals surface area contributed by atoms with Crippen molar-refractivity contribution >= 4 is 45.0 Å². The molecule has 202 valence electrons. The van der Waals surface area contributed by atoms with Gasteiger partial charge in [0.2, 0.25) is 0 Å². The molecule has 2 amide bonds. The monoisotopic (exact) mass is 581 g/mol. The zero-order chi connectivity index (χ0) is 27.2. The second-order valence-electron chi connectivity index (χ2n) is 12.1. The minimum Gasteiger partial charge on any atom is -0.384 e. The third kappa shape index (κ3) is 5.72. The molecular formula is C29H36BrN5O3.